The molecule has 56 heavy (non-hydrogen) atoms. The van der Waals surface area contributed by atoms with Crippen LogP contribution in [-0.2, 0) is 0 Å². The first kappa shape index (κ1) is 31.6. The quantitative estimate of drug-likeness (QED) is 0.167. The third-order valence-electron chi connectivity index (χ3n) is 11.4. The normalized spacial score (nSPS) is 11.6. The molecule has 260 valence electrons. The Hall–Kier alpha value is -7.86. The highest BCUT2D eigenvalue weighted by Crippen LogP contribution is 2.42. The maximum absolute atomic E-state index is 9.72. The van der Waals surface area contributed by atoms with Crippen LogP contribution in [0, 0.1) is 24.8 Å². The fourth-order valence-electron chi connectivity index (χ4n) is 9.02. The lowest BCUT2D eigenvalue weighted by atomic mass is 10.00. The van der Waals surface area contributed by atoms with Crippen LogP contribution in [-0.4, -0.2) is 13.7 Å². The molecule has 0 atom stereocenters. The number of aromatic nitrogens is 3. The van der Waals surface area contributed by atoms with Gasteiger partial charge >= 0.3 is 0 Å². The van der Waals surface area contributed by atoms with Gasteiger partial charge in [0, 0.05) is 43.7 Å². The summed E-state index contributed by atoms with van der Waals surface area (Å²) in [6.07, 6.45) is 0. The Morgan fingerprint density at radius 1 is 0.482 bits per heavy atom. The van der Waals surface area contributed by atoms with Gasteiger partial charge in [0.2, 0.25) is 0 Å². The van der Waals surface area contributed by atoms with Crippen LogP contribution in [0.4, 0.5) is 5.69 Å². The van der Waals surface area contributed by atoms with E-state index in [0.717, 1.165) is 72.0 Å². The van der Waals surface area contributed by atoms with Gasteiger partial charge < -0.3 is 13.7 Å². The predicted molar refractivity (Wildman–Crippen MR) is 231 cm³/mol. The standard InChI is InChI=1S/C51H31N5/c1-32-28-34(23-27-43(32)55-44-16-7-5-14-39(44)40-25-22-33(31-52)29-50(40)55)36-26-24-35(30-42(36)53-2)54-47-19-10-6-15-41(47)51-48(54)20-11-21-49(51)56-45-17-8-3-12-37(45)38-13-4-9-18-46(38)56/h3-30H,1H3. The van der Waals surface area contributed by atoms with Crippen molar-refractivity contribution in [1.82, 2.24) is 13.7 Å². The zero-order valence-corrected chi connectivity index (χ0v) is 30.4. The van der Waals surface area contributed by atoms with Crippen LogP contribution in [0.25, 0.3) is 98.5 Å². The maximum Gasteiger partial charge on any atom is 0.196 e. The second-order valence-corrected chi connectivity index (χ2v) is 14.4. The molecular formula is C51H31N5. The first-order valence-corrected chi connectivity index (χ1v) is 18.7. The molecule has 0 aliphatic carbocycles. The molecule has 0 unspecified atom stereocenters. The Kier molecular flexibility index (Phi) is 6.83. The second kappa shape index (κ2) is 12.1. The van der Waals surface area contributed by atoms with Gasteiger partial charge in [0.05, 0.1) is 57.0 Å². The largest absolute Gasteiger partial charge is 0.310 e. The van der Waals surface area contributed by atoms with E-state index in [1.807, 2.05) is 24.3 Å². The number of benzene rings is 8. The Morgan fingerprint density at radius 3 is 1.68 bits per heavy atom. The molecule has 11 rings (SSSR count). The van der Waals surface area contributed by atoms with E-state index in [-0.39, 0.29) is 0 Å². The summed E-state index contributed by atoms with van der Waals surface area (Å²) in [6.45, 7) is 10.5. The number of aryl methyl sites for hydroxylation is 1. The van der Waals surface area contributed by atoms with Crippen molar-refractivity contribution in [1.29, 1.82) is 5.26 Å². The second-order valence-electron chi connectivity index (χ2n) is 14.4. The minimum atomic E-state index is 0.592. The van der Waals surface area contributed by atoms with E-state index in [0.29, 0.717) is 11.3 Å². The van der Waals surface area contributed by atoms with Crippen molar-refractivity contribution < 1.29 is 0 Å². The third-order valence-corrected chi connectivity index (χ3v) is 11.4. The fraction of sp³-hybridized carbons (Fsp3) is 0.0196. The Bertz CT molecular complexity index is 3470. The van der Waals surface area contributed by atoms with Crippen LogP contribution in [0.1, 0.15) is 11.1 Å². The summed E-state index contributed by atoms with van der Waals surface area (Å²) in [5.74, 6) is 0. The summed E-state index contributed by atoms with van der Waals surface area (Å²) >= 11 is 0. The van der Waals surface area contributed by atoms with Gasteiger partial charge in [-0.15, -0.1) is 0 Å². The lowest BCUT2D eigenvalue weighted by Crippen LogP contribution is -1.98. The summed E-state index contributed by atoms with van der Waals surface area (Å²) in [5.41, 5.74) is 13.9. The van der Waals surface area contributed by atoms with E-state index in [1.165, 1.54) is 27.2 Å². The van der Waals surface area contributed by atoms with E-state index in [4.69, 9.17) is 6.57 Å². The summed E-state index contributed by atoms with van der Waals surface area (Å²) in [4.78, 5) is 4.10. The highest BCUT2D eigenvalue weighted by molar-refractivity contribution is 6.16. The molecule has 3 aromatic heterocycles. The summed E-state index contributed by atoms with van der Waals surface area (Å²) in [7, 11) is 0. The molecule has 0 N–H and O–H groups in total. The van der Waals surface area contributed by atoms with Crippen LogP contribution < -0.4 is 0 Å². The van der Waals surface area contributed by atoms with E-state index in [1.54, 1.807) is 0 Å². The number of fused-ring (bicyclic) bond motifs is 9. The highest BCUT2D eigenvalue weighted by Gasteiger charge is 2.21. The first-order valence-electron chi connectivity index (χ1n) is 18.7. The van der Waals surface area contributed by atoms with Gasteiger partial charge in [0.25, 0.3) is 0 Å². The molecule has 0 fully saturated rings. The average molecular weight is 714 g/mol. The van der Waals surface area contributed by atoms with Crippen molar-refractivity contribution in [3.8, 4) is 34.3 Å². The molecule has 0 bridgehead atoms. The van der Waals surface area contributed by atoms with Gasteiger partial charge in [0.1, 0.15) is 0 Å². The van der Waals surface area contributed by atoms with E-state index < -0.39 is 0 Å². The van der Waals surface area contributed by atoms with Crippen LogP contribution in [0.5, 0.6) is 0 Å². The molecule has 0 amide bonds. The molecule has 11 aromatic rings. The minimum Gasteiger partial charge on any atom is -0.310 e. The number of hydrogen-bond donors (Lipinski definition) is 0. The van der Waals surface area contributed by atoms with Gasteiger partial charge in [-0.3, -0.25) is 0 Å². The van der Waals surface area contributed by atoms with Crippen molar-refractivity contribution in [3.63, 3.8) is 0 Å². The van der Waals surface area contributed by atoms with Gasteiger partial charge in [-0.1, -0.05) is 103 Å². The smallest absolute Gasteiger partial charge is 0.196 e. The molecular weight excluding hydrogens is 683 g/mol. The van der Waals surface area contributed by atoms with E-state index in [9.17, 15) is 5.26 Å². The molecule has 8 aromatic carbocycles. The SMILES string of the molecule is [C-]#[N+]c1cc(-n2c3ccccc3c3c(-n4c5ccccc5c5ccccc54)cccc32)ccc1-c1ccc(-n2c3ccccc3c3ccc(C#N)cc32)c(C)c1. The maximum atomic E-state index is 9.72. The van der Waals surface area contributed by atoms with Crippen molar-refractivity contribution >= 4 is 71.1 Å². The molecule has 0 radical (unpaired) electrons. The molecule has 0 aliphatic rings. The Morgan fingerprint density at radius 2 is 1.05 bits per heavy atom. The number of nitriles is 1. The molecule has 0 saturated heterocycles. The van der Waals surface area contributed by atoms with Gasteiger partial charge in [0.15, 0.2) is 5.69 Å². The number of nitrogens with zero attached hydrogens (tertiary/aromatic N) is 5. The lowest BCUT2D eigenvalue weighted by molar-refractivity contribution is 1.15. The van der Waals surface area contributed by atoms with Gasteiger partial charge in [-0.25, -0.2) is 4.85 Å². The van der Waals surface area contributed by atoms with E-state index >= 15 is 0 Å². The van der Waals surface area contributed by atoms with Crippen molar-refractivity contribution in [2.45, 2.75) is 6.92 Å². The zero-order valence-electron chi connectivity index (χ0n) is 30.4. The van der Waals surface area contributed by atoms with Crippen LogP contribution in [0.15, 0.2) is 170 Å². The monoisotopic (exact) mass is 713 g/mol. The average Bonchev–Trinajstić information content (AvgIpc) is 3.89. The Labute approximate surface area is 322 Å². The lowest BCUT2D eigenvalue weighted by Gasteiger charge is -2.15. The summed E-state index contributed by atoms with van der Waals surface area (Å²) < 4.78 is 6.94. The third kappa shape index (κ3) is 4.46. The van der Waals surface area contributed by atoms with Crippen molar-refractivity contribution in [2.24, 2.45) is 0 Å². The van der Waals surface area contributed by atoms with Crippen LogP contribution in [0.2, 0.25) is 0 Å². The molecule has 0 saturated carbocycles. The minimum absolute atomic E-state index is 0.592. The summed E-state index contributed by atoms with van der Waals surface area (Å²) in [5, 5.41) is 16.8. The van der Waals surface area contributed by atoms with Gasteiger partial charge in [-0.2, -0.15) is 5.26 Å². The number of para-hydroxylation sites is 4. The molecule has 0 aliphatic heterocycles. The number of hydrogen-bond acceptors (Lipinski definition) is 1. The molecule has 5 nitrogen and oxygen atoms in total. The van der Waals surface area contributed by atoms with E-state index in [2.05, 4.69) is 177 Å². The molecule has 3 heterocycles. The zero-order chi connectivity index (χ0) is 37.5. The number of rotatable bonds is 4. The Balaban J connectivity index is 1.07. The van der Waals surface area contributed by atoms with Crippen molar-refractivity contribution in [2.75, 3.05) is 0 Å². The molecule has 5 heteroatoms. The van der Waals surface area contributed by atoms with Crippen LogP contribution in [0.3, 0.4) is 0 Å². The summed E-state index contributed by atoms with van der Waals surface area (Å²) in [6, 6.07) is 61.7. The fourth-order valence-corrected chi connectivity index (χ4v) is 9.02. The first-order chi connectivity index (χ1) is 27.6. The van der Waals surface area contributed by atoms with Crippen molar-refractivity contribution in [3.05, 3.63) is 192 Å². The predicted octanol–water partition coefficient (Wildman–Crippen LogP) is 13.4. The van der Waals surface area contributed by atoms with Gasteiger partial charge in [-0.05, 0) is 90.3 Å². The molecule has 0 spiro atoms. The van der Waals surface area contributed by atoms with Crippen LogP contribution >= 0.6 is 0 Å². The highest BCUT2D eigenvalue weighted by atomic mass is 15.0. The topological polar surface area (TPSA) is 42.9 Å².